The van der Waals surface area contributed by atoms with Gasteiger partial charge in [-0.05, 0) is 12.8 Å². The lowest BCUT2D eigenvalue weighted by Gasteiger charge is -2.22. The van der Waals surface area contributed by atoms with Crippen molar-refractivity contribution >= 4 is 5.71 Å². The van der Waals surface area contributed by atoms with Crippen LogP contribution >= 0.6 is 0 Å². The molecule has 0 radical (unpaired) electrons. The fourth-order valence-electron chi connectivity index (χ4n) is 2.23. The van der Waals surface area contributed by atoms with Crippen LogP contribution in [0, 0.1) is 5.92 Å². The van der Waals surface area contributed by atoms with E-state index in [2.05, 4.69) is 20.0 Å². The van der Waals surface area contributed by atoms with Gasteiger partial charge in [0.05, 0.1) is 6.20 Å². The zero-order valence-electron chi connectivity index (χ0n) is 9.93. The Balaban J connectivity index is 2.19. The van der Waals surface area contributed by atoms with Gasteiger partial charge in [-0.3, -0.25) is 9.97 Å². The molecule has 6 heteroatoms. The first-order chi connectivity index (χ1) is 8.77. The SMILES string of the molecule is FC(F)ON=C(c1cnccn1)C1CCCCC1. The molecular weight excluding hydrogens is 240 g/mol. The van der Waals surface area contributed by atoms with Crippen LogP contribution in [0.15, 0.2) is 23.7 Å². The highest BCUT2D eigenvalue weighted by Gasteiger charge is 2.23. The third kappa shape index (κ3) is 3.45. The predicted molar refractivity (Wildman–Crippen MR) is 62.2 cm³/mol. The number of hydrogen-bond acceptors (Lipinski definition) is 4. The molecule has 4 nitrogen and oxygen atoms in total. The number of aromatic nitrogens is 2. The van der Waals surface area contributed by atoms with Crippen molar-refractivity contribution < 1.29 is 13.6 Å². The Morgan fingerprint density at radius 1 is 1.28 bits per heavy atom. The van der Waals surface area contributed by atoms with Crippen molar-refractivity contribution in [2.75, 3.05) is 0 Å². The third-order valence-corrected chi connectivity index (χ3v) is 3.05. The normalized spacial score (nSPS) is 18.1. The van der Waals surface area contributed by atoms with Crippen LogP contribution in [0.3, 0.4) is 0 Å². The van der Waals surface area contributed by atoms with Gasteiger partial charge in [-0.2, -0.15) is 8.78 Å². The van der Waals surface area contributed by atoms with Gasteiger partial charge in [0.15, 0.2) is 0 Å². The van der Waals surface area contributed by atoms with E-state index in [0.29, 0.717) is 11.4 Å². The third-order valence-electron chi connectivity index (χ3n) is 3.05. The van der Waals surface area contributed by atoms with Crippen molar-refractivity contribution in [1.82, 2.24) is 9.97 Å². The minimum atomic E-state index is -2.90. The maximum atomic E-state index is 12.1. The van der Waals surface area contributed by atoms with E-state index in [-0.39, 0.29) is 5.92 Å². The van der Waals surface area contributed by atoms with Crippen LogP contribution in [0.4, 0.5) is 8.78 Å². The number of halogens is 2. The summed E-state index contributed by atoms with van der Waals surface area (Å²) in [4.78, 5) is 12.2. The molecule has 18 heavy (non-hydrogen) atoms. The molecule has 1 aliphatic rings. The van der Waals surface area contributed by atoms with Crippen LogP contribution in [-0.2, 0) is 4.84 Å². The summed E-state index contributed by atoms with van der Waals surface area (Å²) in [5.74, 6) is 0.134. The second kappa shape index (κ2) is 6.37. The highest BCUT2D eigenvalue weighted by atomic mass is 19.3. The van der Waals surface area contributed by atoms with Crippen molar-refractivity contribution in [3.8, 4) is 0 Å². The molecule has 1 heterocycles. The molecule has 1 aromatic heterocycles. The van der Waals surface area contributed by atoms with Gasteiger partial charge in [-0.25, -0.2) is 0 Å². The van der Waals surface area contributed by atoms with Gasteiger partial charge >= 0.3 is 6.61 Å². The molecule has 1 saturated carbocycles. The molecule has 0 unspecified atom stereocenters. The average Bonchev–Trinajstić information content (AvgIpc) is 2.41. The second-order valence-corrected chi connectivity index (χ2v) is 4.27. The van der Waals surface area contributed by atoms with E-state index in [1.807, 2.05) is 0 Å². The first kappa shape index (κ1) is 12.9. The van der Waals surface area contributed by atoms with Crippen molar-refractivity contribution in [2.24, 2.45) is 11.1 Å². The van der Waals surface area contributed by atoms with Crippen LogP contribution < -0.4 is 0 Å². The quantitative estimate of drug-likeness (QED) is 0.613. The van der Waals surface area contributed by atoms with Gasteiger partial charge < -0.3 is 4.84 Å². The first-order valence-electron chi connectivity index (χ1n) is 6.05. The number of oxime groups is 1. The lowest BCUT2D eigenvalue weighted by Crippen LogP contribution is -2.21. The molecule has 1 aliphatic carbocycles. The Morgan fingerprint density at radius 3 is 2.67 bits per heavy atom. The maximum absolute atomic E-state index is 12.1. The molecule has 2 rings (SSSR count). The fraction of sp³-hybridized carbons (Fsp3) is 0.583. The Morgan fingerprint density at radius 2 is 2.06 bits per heavy atom. The molecule has 0 amide bonds. The second-order valence-electron chi connectivity index (χ2n) is 4.27. The standard InChI is InChI=1S/C12H15F2N3O/c13-12(14)18-17-11(9-4-2-1-3-5-9)10-8-15-6-7-16-10/h6-9,12H,1-5H2. The minimum Gasteiger partial charge on any atom is -0.325 e. The van der Waals surface area contributed by atoms with E-state index in [9.17, 15) is 8.78 Å². The van der Waals surface area contributed by atoms with Gasteiger partial charge in [0.2, 0.25) is 0 Å². The van der Waals surface area contributed by atoms with Crippen LogP contribution in [-0.4, -0.2) is 22.3 Å². The van der Waals surface area contributed by atoms with E-state index in [4.69, 9.17) is 0 Å². The van der Waals surface area contributed by atoms with Gasteiger partial charge in [-0.1, -0.05) is 24.4 Å². The zero-order valence-corrected chi connectivity index (χ0v) is 9.93. The average molecular weight is 255 g/mol. The molecule has 0 spiro atoms. The summed E-state index contributed by atoms with van der Waals surface area (Å²) in [6.07, 6.45) is 9.80. The number of alkyl halides is 2. The topological polar surface area (TPSA) is 47.4 Å². The largest absolute Gasteiger partial charge is 0.407 e. The minimum absolute atomic E-state index is 0.134. The monoisotopic (exact) mass is 255 g/mol. The molecule has 0 aliphatic heterocycles. The summed E-state index contributed by atoms with van der Waals surface area (Å²) in [6.45, 7) is -2.90. The van der Waals surface area contributed by atoms with Crippen LogP contribution in [0.25, 0.3) is 0 Å². The van der Waals surface area contributed by atoms with Gasteiger partial charge in [0.1, 0.15) is 11.4 Å². The summed E-state index contributed by atoms with van der Waals surface area (Å²) in [6, 6.07) is 0. The Labute approximate surface area is 104 Å². The Bertz CT molecular complexity index is 392. The summed E-state index contributed by atoms with van der Waals surface area (Å²) >= 11 is 0. The lowest BCUT2D eigenvalue weighted by molar-refractivity contribution is -0.128. The molecule has 1 aromatic rings. The zero-order chi connectivity index (χ0) is 12.8. The van der Waals surface area contributed by atoms with Gasteiger partial charge in [0, 0.05) is 18.3 Å². The van der Waals surface area contributed by atoms with Crippen molar-refractivity contribution in [3.63, 3.8) is 0 Å². The Kier molecular flexibility index (Phi) is 4.55. The number of hydrogen-bond donors (Lipinski definition) is 0. The van der Waals surface area contributed by atoms with Gasteiger partial charge in [-0.15, -0.1) is 0 Å². The molecule has 98 valence electrons. The lowest BCUT2D eigenvalue weighted by atomic mass is 9.85. The predicted octanol–water partition coefficient (Wildman–Crippen LogP) is 3.00. The van der Waals surface area contributed by atoms with Crippen LogP contribution in [0.2, 0.25) is 0 Å². The highest BCUT2D eigenvalue weighted by Crippen LogP contribution is 2.27. The smallest absolute Gasteiger partial charge is 0.325 e. The molecule has 0 bridgehead atoms. The van der Waals surface area contributed by atoms with Crippen LogP contribution in [0.1, 0.15) is 37.8 Å². The van der Waals surface area contributed by atoms with Crippen molar-refractivity contribution in [1.29, 1.82) is 0 Å². The maximum Gasteiger partial charge on any atom is 0.407 e. The van der Waals surface area contributed by atoms with Crippen molar-refractivity contribution in [3.05, 3.63) is 24.3 Å². The Hall–Kier alpha value is -1.59. The van der Waals surface area contributed by atoms with E-state index >= 15 is 0 Å². The first-order valence-corrected chi connectivity index (χ1v) is 6.05. The fourth-order valence-corrected chi connectivity index (χ4v) is 2.23. The van der Waals surface area contributed by atoms with Crippen LogP contribution in [0.5, 0.6) is 0 Å². The molecule has 0 aromatic carbocycles. The van der Waals surface area contributed by atoms with Crippen molar-refractivity contribution in [2.45, 2.75) is 38.7 Å². The van der Waals surface area contributed by atoms with Gasteiger partial charge in [0.25, 0.3) is 0 Å². The van der Waals surface area contributed by atoms with E-state index in [1.54, 1.807) is 0 Å². The number of nitrogens with zero attached hydrogens (tertiary/aromatic N) is 3. The summed E-state index contributed by atoms with van der Waals surface area (Å²) in [7, 11) is 0. The van der Waals surface area contributed by atoms with E-state index in [1.165, 1.54) is 25.0 Å². The molecule has 0 saturated heterocycles. The summed E-state index contributed by atoms with van der Waals surface area (Å²) in [5, 5.41) is 3.58. The highest BCUT2D eigenvalue weighted by molar-refractivity contribution is 6.00. The summed E-state index contributed by atoms with van der Waals surface area (Å²) in [5.41, 5.74) is 1.01. The molecule has 0 N–H and O–H groups in total. The molecular formula is C12H15F2N3O. The number of rotatable bonds is 4. The van der Waals surface area contributed by atoms with E-state index in [0.717, 1.165) is 25.7 Å². The molecule has 0 atom stereocenters. The molecule has 1 fully saturated rings. The van der Waals surface area contributed by atoms with E-state index < -0.39 is 6.61 Å². The summed E-state index contributed by atoms with van der Waals surface area (Å²) < 4.78 is 24.2.